The molecule has 0 saturated carbocycles. The highest BCUT2D eigenvalue weighted by atomic mass is 79.9. The molecular weight excluding hydrogens is 1310 g/mol. The number of imidazole rings is 1. The molecule has 1 aromatic heterocycles. The van der Waals surface area contributed by atoms with Gasteiger partial charge in [-0.15, -0.1) is 0 Å². The van der Waals surface area contributed by atoms with Crippen molar-refractivity contribution in [3.05, 3.63) is 124 Å². The van der Waals surface area contributed by atoms with Gasteiger partial charge in [-0.1, -0.05) is 125 Å². The fraction of sp³-hybridized carbons (Fsp3) is 0.493. The molecule has 512 valence electrons. The van der Waals surface area contributed by atoms with Gasteiger partial charge in [-0.05, 0) is 83.7 Å². The Hall–Kier alpha value is -8.15. The minimum absolute atomic E-state index is 0. The molecule has 95 heavy (non-hydrogen) atoms. The third-order valence-electron chi connectivity index (χ3n) is 17.2. The van der Waals surface area contributed by atoms with E-state index in [2.05, 4.69) is 48.0 Å². The minimum atomic E-state index is -4.44. The molecule has 9 rings (SSSR count). The number of H-pyrrole nitrogens is 1. The molecule has 5 aliphatic rings. The molecule has 26 heteroatoms. The summed E-state index contributed by atoms with van der Waals surface area (Å²) in [5, 5.41) is 2.67. The van der Waals surface area contributed by atoms with Gasteiger partial charge >= 0.3 is 30.4 Å². The number of ether oxygens (including phenoxy) is 3. The number of halogens is 7. The second-order valence-electron chi connectivity index (χ2n) is 24.9. The Bertz CT molecular complexity index is 3580. The number of alkyl carbamates (subject to hydrolysis) is 1. The lowest BCUT2D eigenvalue weighted by Crippen LogP contribution is -2.51. The standard InChI is InChI=1S/C45H52F3N7O6.C23H27BrF3N3O3.CH4/c1-27(2)33(22-39(56)60-5)42(57)55-26-53(25-45(46,47)48)24-38(55)35-20-19-34(50-35)31-15-11-29(12-16-31)9-10-30-13-17-32(18-14-30)36-23-49-41(51-36)37-8-7-21-54(37)43(58)40(28(3)4)52-44(59)61-6;1-14(2)17(10-21(31)33-3)22(32)30-13-29(12-23(25,26)27)11-20(30)19-9-8-18(28-19)15-4-6-16(24)7-5-15;/h11-19,23,27-28,33,37-38,40H,7-8,20-22,24-26H2,1-6H3,(H,49,51)(H,52,59);4-8,14,17,20H,9-13H2,1-3H3;1H4/t33-,37-,38-,40-;17-,20-;/m00./s1. The van der Waals surface area contributed by atoms with E-state index in [1.54, 1.807) is 24.9 Å². The first-order valence-electron chi connectivity index (χ1n) is 31.1. The van der Waals surface area contributed by atoms with Gasteiger partial charge in [-0.2, -0.15) is 26.3 Å². The molecule has 0 radical (unpaired) electrons. The number of esters is 2. The average molecular weight is 1390 g/mol. The summed E-state index contributed by atoms with van der Waals surface area (Å²) in [5.74, 6) is 3.07. The number of alkyl halides is 6. The number of carbonyl (C=O) groups excluding carboxylic acids is 6. The maximum absolute atomic E-state index is 13.8. The van der Waals surface area contributed by atoms with E-state index >= 15 is 0 Å². The lowest BCUT2D eigenvalue weighted by molar-refractivity contribution is -0.151. The zero-order valence-electron chi connectivity index (χ0n) is 53.9. The number of aromatic amines is 1. The van der Waals surface area contributed by atoms with Crippen molar-refractivity contribution in [2.45, 2.75) is 124 Å². The van der Waals surface area contributed by atoms with E-state index in [0.29, 0.717) is 42.3 Å². The highest BCUT2D eigenvalue weighted by Crippen LogP contribution is 2.36. The Kier molecular flexibility index (Phi) is 25.4. The third-order valence-corrected chi connectivity index (χ3v) is 17.7. The quantitative estimate of drug-likeness (QED) is 0.0389. The Balaban J connectivity index is 0.000000316. The molecule has 2 N–H and O–H groups in total. The normalized spacial score (nSPS) is 19.2. The second-order valence-corrected chi connectivity index (χ2v) is 25.8. The van der Waals surface area contributed by atoms with Crippen LogP contribution in [0.4, 0.5) is 31.1 Å². The molecule has 6 heterocycles. The molecule has 19 nitrogen and oxygen atoms in total. The first-order valence-corrected chi connectivity index (χ1v) is 31.9. The number of hydrogen-bond donors (Lipinski definition) is 2. The molecule has 3 aromatic carbocycles. The van der Waals surface area contributed by atoms with Crippen LogP contribution in [-0.4, -0.2) is 180 Å². The molecule has 4 aromatic rings. The Labute approximate surface area is 558 Å². The number of benzene rings is 3. The van der Waals surface area contributed by atoms with Gasteiger partial charge in [0.15, 0.2) is 0 Å². The van der Waals surface area contributed by atoms with Crippen LogP contribution in [0.15, 0.2) is 106 Å². The predicted molar refractivity (Wildman–Crippen MR) is 351 cm³/mol. The van der Waals surface area contributed by atoms with E-state index in [9.17, 15) is 55.1 Å². The largest absolute Gasteiger partial charge is 0.469 e. The summed E-state index contributed by atoms with van der Waals surface area (Å²) in [7, 11) is 3.75. The number of allylic oxidation sites excluding steroid dienone is 2. The molecule has 0 aliphatic carbocycles. The van der Waals surface area contributed by atoms with Crippen LogP contribution in [0.1, 0.15) is 122 Å². The van der Waals surface area contributed by atoms with Crippen molar-refractivity contribution in [2.75, 3.05) is 67.4 Å². The van der Waals surface area contributed by atoms with Crippen LogP contribution in [0.5, 0.6) is 0 Å². The fourth-order valence-corrected chi connectivity index (χ4v) is 12.4. The molecule has 6 atom stereocenters. The van der Waals surface area contributed by atoms with Crippen molar-refractivity contribution >= 4 is 74.5 Å². The number of carbonyl (C=O) groups is 6. The summed E-state index contributed by atoms with van der Waals surface area (Å²) >= 11 is 3.39. The van der Waals surface area contributed by atoms with E-state index in [-0.39, 0.29) is 82.3 Å². The highest BCUT2D eigenvalue weighted by molar-refractivity contribution is 9.10. The van der Waals surface area contributed by atoms with Crippen molar-refractivity contribution in [1.29, 1.82) is 0 Å². The van der Waals surface area contributed by atoms with Gasteiger partial charge in [0.1, 0.15) is 11.9 Å². The lowest BCUT2D eigenvalue weighted by atomic mass is 9.90. The van der Waals surface area contributed by atoms with Crippen molar-refractivity contribution in [3.63, 3.8) is 0 Å². The summed E-state index contributed by atoms with van der Waals surface area (Å²) in [6, 6.07) is 20.6. The third kappa shape index (κ3) is 19.5. The van der Waals surface area contributed by atoms with E-state index in [1.807, 2.05) is 113 Å². The second kappa shape index (κ2) is 32.5. The van der Waals surface area contributed by atoms with Crippen LogP contribution in [0, 0.1) is 41.4 Å². The molecule has 0 spiro atoms. The number of likely N-dealkylation sites (tertiary alicyclic amines) is 1. The van der Waals surface area contributed by atoms with Gasteiger partial charge < -0.3 is 39.2 Å². The molecular formula is C69H83BrF6N10O9. The number of nitrogens with one attached hydrogen (secondary N) is 2. The monoisotopic (exact) mass is 1390 g/mol. The average Bonchev–Trinajstić information content (AvgIpc) is 1.66. The summed E-state index contributed by atoms with van der Waals surface area (Å²) < 4.78 is 94.9. The van der Waals surface area contributed by atoms with Crippen LogP contribution < -0.4 is 5.32 Å². The lowest BCUT2D eigenvalue weighted by Gasteiger charge is -2.30. The number of aromatic nitrogens is 2. The fourth-order valence-electron chi connectivity index (χ4n) is 12.1. The van der Waals surface area contributed by atoms with Crippen molar-refractivity contribution in [1.82, 2.24) is 39.8 Å². The van der Waals surface area contributed by atoms with Gasteiger partial charge in [0.25, 0.3) is 0 Å². The van der Waals surface area contributed by atoms with Crippen molar-refractivity contribution in [3.8, 4) is 23.1 Å². The van der Waals surface area contributed by atoms with Crippen LogP contribution in [0.25, 0.3) is 22.7 Å². The molecule has 3 fully saturated rings. The van der Waals surface area contributed by atoms with Gasteiger partial charge in [0.05, 0.1) is 114 Å². The maximum atomic E-state index is 13.8. The Morgan fingerprint density at radius 1 is 0.611 bits per heavy atom. The van der Waals surface area contributed by atoms with E-state index < -0.39 is 79.3 Å². The highest BCUT2D eigenvalue weighted by Gasteiger charge is 2.47. The van der Waals surface area contributed by atoms with Gasteiger partial charge in [0.2, 0.25) is 17.7 Å². The van der Waals surface area contributed by atoms with Crippen LogP contribution in [0.2, 0.25) is 0 Å². The number of methoxy groups -OCH3 is 3. The zero-order chi connectivity index (χ0) is 68.3. The SMILES string of the molecule is C.COC(=O)C[C@H](C(=O)N1CN(CC(F)(F)F)C[C@H]1C1=NC(c2ccc(Br)cc2)=CC1)C(C)C.COC(=O)C[C@H](C(=O)N1CN(CC(F)(F)F)C[C@H]1C1=NC(c2ccc(C#Cc3ccc(-c4cnc([C@@H]5CCCN5C(=O)[C@@H](NC(=O)OC)C(C)C)[nH]4)cc3)cc2)=CC1)C(C)C. The minimum Gasteiger partial charge on any atom is -0.469 e. The predicted octanol–water partition coefficient (Wildman–Crippen LogP) is 11.7. The number of rotatable bonds is 19. The summed E-state index contributed by atoms with van der Waals surface area (Å²) in [4.78, 5) is 101. The zero-order valence-corrected chi connectivity index (χ0v) is 55.5. The van der Waals surface area contributed by atoms with Gasteiger partial charge in [-0.25, -0.2) is 9.78 Å². The van der Waals surface area contributed by atoms with Crippen molar-refractivity contribution < 1.29 is 69.3 Å². The molecule has 4 amide bonds. The number of hydrogen-bond acceptors (Lipinski definition) is 14. The van der Waals surface area contributed by atoms with Crippen LogP contribution in [-0.2, 0) is 38.2 Å². The first kappa shape index (κ1) is 74.2. The summed E-state index contributed by atoms with van der Waals surface area (Å²) in [6.07, 6.45) is -1.80. The van der Waals surface area contributed by atoms with Gasteiger partial charge in [-0.3, -0.25) is 43.8 Å². The van der Waals surface area contributed by atoms with Crippen LogP contribution >= 0.6 is 15.9 Å². The smallest absolute Gasteiger partial charge is 0.407 e. The topological polar surface area (TPSA) is 212 Å². The van der Waals surface area contributed by atoms with Crippen molar-refractivity contribution in [2.24, 2.45) is 39.6 Å². The number of nitrogens with zero attached hydrogens (tertiary/aromatic N) is 8. The Morgan fingerprint density at radius 2 is 1.05 bits per heavy atom. The summed E-state index contributed by atoms with van der Waals surface area (Å²) in [6.45, 7) is 8.89. The number of amides is 4. The molecule has 3 saturated heterocycles. The first-order chi connectivity index (χ1) is 44.5. The van der Waals surface area contributed by atoms with E-state index in [1.165, 1.54) is 40.9 Å². The maximum Gasteiger partial charge on any atom is 0.407 e. The van der Waals surface area contributed by atoms with E-state index in [4.69, 9.17) is 19.2 Å². The molecule has 0 bridgehead atoms. The number of aliphatic imine (C=N–C) groups is 2. The summed E-state index contributed by atoms with van der Waals surface area (Å²) in [5.41, 5.74) is 7.59. The van der Waals surface area contributed by atoms with E-state index in [0.717, 1.165) is 56.5 Å². The molecule has 5 aliphatic heterocycles. The van der Waals surface area contributed by atoms with Gasteiger partial charge in [0, 0.05) is 59.5 Å². The Morgan fingerprint density at radius 3 is 1.46 bits per heavy atom. The van der Waals surface area contributed by atoms with Crippen LogP contribution in [0.3, 0.4) is 0 Å². The molecule has 0 unspecified atom stereocenters.